The SMILES string of the molecule is FC(F)C(F)(Br)C(F)(Br)C(F)F. The van der Waals surface area contributed by atoms with Crippen LogP contribution < -0.4 is 0 Å². The largest absolute Gasteiger partial charge is 0.286 e. The lowest BCUT2D eigenvalue weighted by molar-refractivity contribution is -0.0870. The molecule has 0 fully saturated rings. The minimum Gasteiger partial charge on any atom is -0.220 e. The number of hydrogen-bond donors (Lipinski definition) is 0. The Kier molecular flexibility index (Phi) is 3.90. The summed E-state index contributed by atoms with van der Waals surface area (Å²) in [5.41, 5.74) is 0. The van der Waals surface area contributed by atoms with Gasteiger partial charge >= 0.3 is 0 Å². The molecule has 0 aromatic heterocycles. The van der Waals surface area contributed by atoms with Gasteiger partial charge in [0.15, 0.2) is 0 Å². The molecule has 0 aliphatic carbocycles. The van der Waals surface area contributed by atoms with E-state index in [0.29, 0.717) is 0 Å². The molecule has 12 heavy (non-hydrogen) atoms. The molecule has 0 nitrogen and oxygen atoms in total. The molecule has 0 saturated heterocycles. The lowest BCUT2D eigenvalue weighted by Crippen LogP contribution is -2.48. The van der Waals surface area contributed by atoms with Crippen LogP contribution >= 0.6 is 31.9 Å². The summed E-state index contributed by atoms with van der Waals surface area (Å²) in [5.74, 6) is 0. The minimum atomic E-state index is -4.10. The van der Waals surface area contributed by atoms with E-state index in [1.807, 2.05) is 0 Å². The van der Waals surface area contributed by atoms with Crippen molar-refractivity contribution >= 4 is 31.9 Å². The third kappa shape index (κ3) is 2.07. The third-order valence-electron chi connectivity index (χ3n) is 0.993. The Morgan fingerprint density at radius 1 is 0.750 bits per heavy atom. The van der Waals surface area contributed by atoms with Crippen LogP contribution in [0.2, 0.25) is 0 Å². The molecule has 0 N–H and O–H groups in total. The van der Waals surface area contributed by atoms with E-state index in [1.54, 1.807) is 31.9 Å². The Morgan fingerprint density at radius 3 is 1.00 bits per heavy atom. The fraction of sp³-hybridized carbons (Fsp3) is 1.00. The predicted octanol–water partition coefficient (Wildman–Crippen LogP) is 3.64. The summed E-state index contributed by atoms with van der Waals surface area (Å²) in [7, 11) is 0. The van der Waals surface area contributed by atoms with Crippen molar-refractivity contribution in [1.82, 2.24) is 0 Å². The predicted molar refractivity (Wildman–Crippen MR) is 37.5 cm³/mol. The summed E-state index contributed by atoms with van der Waals surface area (Å²) in [6, 6.07) is 0. The summed E-state index contributed by atoms with van der Waals surface area (Å²) in [6.45, 7) is 0. The summed E-state index contributed by atoms with van der Waals surface area (Å²) in [6.07, 6.45) is -7.81. The first-order valence-electron chi connectivity index (χ1n) is 2.46. The van der Waals surface area contributed by atoms with E-state index in [2.05, 4.69) is 0 Å². The molecule has 0 aliphatic heterocycles. The van der Waals surface area contributed by atoms with Crippen molar-refractivity contribution in [3.05, 3.63) is 0 Å². The lowest BCUT2D eigenvalue weighted by Gasteiger charge is -2.28. The fourth-order valence-corrected chi connectivity index (χ4v) is 0.637. The molecule has 0 radical (unpaired) electrons. The van der Waals surface area contributed by atoms with Crippen LogP contribution in [0.5, 0.6) is 0 Å². The van der Waals surface area contributed by atoms with Crippen molar-refractivity contribution in [2.45, 2.75) is 22.0 Å². The zero-order chi connectivity index (χ0) is 10.2. The number of halogens is 8. The first-order valence-corrected chi connectivity index (χ1v) is 4.04. The second-order valence-corrected chi connectivity index (χ2v) is 4.16. The lowest BCUT2D eigenvalue weighted by atomic mass is 10.2. The summed E-state index contributed by atoms with van der Waals surface area (Å²) in [5, 5.41) is 0. The van der Waals surface area contributed by atoms with Gasteiger partial charge in [0.2, 0.25) is 0 Å². The van der Waals surface area contributed by atoms with E-state index in [4.69, 9.17) is 0 Å². The number of rotatable bonds is 3. The summed E-state index contributed by atoms with van der Waals surface area (Å²) >= 11 is 3.10. The number of alkyl halides is 8. The highest BCUT2D eigenvalue weighted by atomic mass is 79.9. The quantitative estimate of drug-likeness (QED) is 0.549. The maximum atomic E-state index is 12.5. The van der Waals surface area contributed by atoms with Crippen LogP contribution in [-0.2, 0) is 0 Å². The van der Waals surface area contributed by atoms with E-state index in [0.717, 1.165) is 0 Å². The van der Waals surface area contributed by atoms with Crippen LogP contribution in [0.4, 0.5) is 26.3 Å². The standard InChI is InChI=1S/C4H2Br2F6/c5-3(11,1(7)8)4(6,12)2(9)10/h1-2H. The monoisotopic (exact) mass is 322 g/mol. The molecule has 0 heterocycles. The van der Waals surface area contributed by atoms with E-state index in [1.165, 1.54) is 0 Å². The van der Waals surface area contributed by atoms with Gasteiger partial charge in [-0.05, 0) is 31.9 Å². The van der Waals surface area contributed by atoms with E-state index in [9.17, 15) is 26.3 Å². The average Bonchev–Trinajstić information content (AvgIpc) is 1.86. The van der Waals surface area contributed by atoms with Crippen molar-refractivity contribution in [3.63, 3.8) is 0 Å². The van der Waals surface area contributed by atoms with Crippen molar-refractivity contribution in [3.8, 4) is 0 Å². The highest BCUT2D eigenvalue weighted by Gasteiger charge is 2.62. The first-order chi connectivity index (χ1) is 5.14. The van der Waals surface area contributed by atoms with Crippen molar-refractivity contribution in [2.24, 2.45) is 0 Å². The molecular weight excluding hydrogens is 322 g/mol. The van der Waals surface area contributed by atoms with Gasteiger partial charge in [-0.2, -0.15) is 0 Å². The van der Waals surface area contributed by atoms with Gasteiger partial charge in [0.1, 0.15) is 0 Å². The molecule has 2 unspecified atom stereocenters. The van der Waals surface area contributed by atoms with Gasteiger partial charge in [-0.25, -0.2) is 26.3 Å². The molecule has 0 bridgehead atoms. The van der Waals surface area contributed by atoms with Gasteiger partial charge < -0.3 is 0 Å². The van der Waals surface area contributed by atoms with E-state index < -0.39 is 22.0 Å². The highest BCUT2D eigenvalue weighted by molar-refractivity contribution is 9.12. The Bertz CT molecular complexity index is 138. The molecule has 74 valence electrons. The maximum Gasteiger partial charge on any atom is 0.286 e. The van der Waals surface area contributed by atoms with Crippen LogP contribution in [0.15, 0.2) is 0 Å². The molecule has 0 saturated carbocycles. The Morgan fingerprint density at radius 2 is 0.917 bits per heavy atom. The average molecular weight is 324 g/mol. The summed E-state index contributed by atoms with van der Waals surface area (Å²) in [4.78, 5) is 0. The van der Waals surface area contributed by atoms with Gasteiger partial charge in [-0.15, -0.1) is 0 Å². The molecule has 0 aromatic carbocycles. The van der Waals surface area contributed by atoms with Gasteiger partial charge in [0.05, 0.1) is 0 Å². The van der Waals surface area contributed by atoms with Gasteiger partial charge in [-0.1, -0.05) is 0 Å². The zero-order valence-corrected chi connectivity index (χ0v) is 8.35. The van der Waals surface area contributed by atoms with Gasteiger partial charge in [-0.3, -0.25) is 0 Å². The van der Waals surface area contributed by atoms with Crippen molar-refractivity contribution in [2.75, 3.05) is 0 Å². The normalized spacial score (nSPS) is 22.5. The smallest absolute Gasteiger partial charge is 0.220 e. The van der Waals surface area contributed by atoms with Crippen LogP contribution in [0.25, 0.3) is 0 Å². The molecular formula is C4H2Br2F6. The maximum absolute atomic E-state index is 12.5. The van der Waals surface area contributed by atoms with Gasteiger partial charge in [0.25, 0.3) is 22.0 Å². The van der Waals surface area contributed by atoms with Crippen molar-refractivity contribution in [1.29, 1.82) is 0 Å². The van der Waals surface area contributed by atoms with E-state index in [-0.39, 0.29) is 0 Å². The van der Waals surface area contributed by atoms with Crippen molar-refractivity contribution < 1.29 is 26.3 Å². The Hall–Kier alpha value is 0.540. The molecule has 0 rings (SSSR count). The fourth-order valence-electron chi connectivity index (χ4n) is 0.291. The third-order valence-corrected chi connectivity index (χ3v) is 3.37. The molecule has 0 spiro atoms. The number of hydrogen-bond acceptors (Lipinski definition) is 0. The molecule has 0 aromatic rings. The molecule has 2 atom stereocenters. The van der Waals surface area contributed by atoms with Crippen LogP contribution in [0.1, 0.15) is 0 Å². The topological polar surface area (TPSA) is 0 Å². The molecule has 0 aliphatic rings. The second-order valence-electron chi connectivity index (χ2n) is 1.85. The van der Waals surface area contributed by atoms with Crippen LogP contribution in [0.3, 0.4) is 0 Å². The summed E-state index contributed by atoms with van der Waals surface area (Å²) < 4.78 is 63.4. The highest BCUT2D eigenvalue weighted by Crippen LogP contribution is 2.48. The van der Waals surface area contributed by atoms with Gasteiger partial charge in [0, 0.05) is 0 Å². The molecule has 8 heteroatoms. The minimum absolute atomic E-state index is 1.55. The van der Waals surface area contributed by atoms with E-state index >= 15 is 0 Å². The van der Waals surface area contributed by atoms with Crippen LogP contribution in [0, 0.1) is 0 Å². The Labute approximate surface area is 80.6 Å². The zero-order valence-electron chi connectivity index (χ0n) is 5.18. The second kappa shape index (κ2) is 3.73. The Balaban J connectivity index is 4.75. The van der Waals surface area contributed by atoms with Crippen LogP contribution in [-0.4, -0.2) is 22.0 Å². The first kappa shape index (κ1) is 12.5. The molecule has 0 amide bonds.